The number of sulfonamides is 1. The van der Waals surface area contributed by atoms with Gasteiger partial charge in [-0.1, -0.05) is 12.1 Å². The standard InChI is InChI=1S/C12H18N2O4S/c1-9(2)13(10(3)4)19(17,18)12-8-6-5-7-11(12)14(15)16/h5-10H,1-4H3. The first-order chi connectivity index (χ1) is 8.69. The highest BCUT2D eigenvalue weighted by atomic mass is 32.2. The summed E-state index contributed by atoms with van der Waals surface area (Å²) in [4.78, 5) is 10.0. The van der Waals surface area contributed by atoms with E-state index in [0.29, 0.717) is 0 Å². The average Bonchev–Trinajstić information content (AvgIpc) is 2.27. The number of nitro groups is 1. The Morgan fingerprint density at radius 1 is 1.11 bits per heavy atom. The van der Waals surface area contributed by atoms with Crippen LogP contribution in [0, 0.1) is 10.1 Å². The summed E-state index contributed by atoms with van der Waals surface area (Å²) in [6.07, 6.45) is 0. The summed E-state index contributed by atoms with van der Waals surface area (Å²) in [5, 5.41) is 11.0. The molecule has 0 aromatic heterocycles. The highest BCUT2D eigenvalue weighted by molar-refractivity contribution is 7.89. The van der Waals surface area contributed by atoms with Crippen LogP contribution in [0.15, 0.2) is 29.2 Å². The van der Waals surface area contributed by atoms with Gasteiger partial charge in [0.05, 0.1) is 4.92 Å². The van der Waals surface area contributed by atoms with Crippen LogP contribution < -0.4 is 0 Å². The van der Waals surface area contributed by atoms with Crippen molar-refractivity contribution in [3.63, 3.8) is 0 Å². The minimum Gasteiger partial charge on any atom is -0.258 e. The van der Waals surface area contributed by atoms with Crippen molar-refractivity contribution >= 4 is 15.7 Å². The lowest BCUT2D eigenvalue weighted by Crippen LogP contribution is -2.42. The van der Waals surface area contributed by atoms with Crippen LogP contribution in [0.25, 0.3) is 0 Å². The van der Waals surface area contributed by atoms with Gasteiger partial charge in [-0.15, -0.1) is 0 Å². The molecule has 0 fully saturated rings. The Morgan fingerprint density at radius 2 is 1.58 bits per heavy atom. The lowest BCUT2D eigenvalue weighted by molar-refractivity contribution is -0.387. The fraction of sp³-hybridized carbons (Fsp3) is 0.500. The molecule has 0 bridgehead atoms. The molecule has 0 unspecified atom stereocenters. The van der Waals surface area contributed by atoms with E-state index < -0.39 is 20.6 Å². The molecule has 1 aromatic rings. The van der Waals surface area contributed by atoms with Crippen LogP contribution in [0.1, 0.15) is 27.7 Å². The first-order valence-corrected chi connectivity index (χ1v) is 7.40. The molecular weight excluding hydrogens is 268 g/mol. The van der Waals surface area contributed by atoms with Crippen molar-refractivity contribution in [2.24, 2.45) is 0 Å². The minimum absolute atomic E-state index is 0.262. The number of hydrogen-bond donors (Lipinski definition) is 0. The van der Waals surface area contributed by atoms with Crippen molar-refractivity contribution in [3.8, 4) is 0 Å². The van der Waals surface area contributed by atoms with Crippen molar-refractivity contribution in [1.29, 1.82) is 0 Å². The van der Waals surface area contributed by atoms with Gasteiger partial charge in [-0.2, -0.15) is 4.31 Å². The van der Waals surface area contributed by atoms with Gasteiger partial charge < -0.3 is 0 Å². The molecule has 0 aliphatic rings. The van der Waals surface area contributed by atoms with Gasteiger partial charge in [-0.3, -0.25) is 10.1 Å². The predicted octanol–water partition coefficient (Wildman–Crippen LogP) is 2.40. The Labute approximate surface area is 113 Å². The highest BCUT2D eigenvalue weighted by Crippen LogP contribution is 2.28. The fourth-order valence-corrected chi connectivity index (χ4v) is 4.09. The number of para-hydroxylation sites is 1. The Hall–Kier alpha value is -1.47. The van der Waals surface area contributed by atoms with E-state index in [1.54, 1.807) is 27.7 Å². The molecule has 0 aliphatic heterocycles. The van der Waals surface area contributed by atoms with E-state index >= 15 is 0 Å². The monoisotopic (exact) mass is 286 g/mol. The summed E-state index contributed by atoms with van der Waals surface area (Å²) < 4.78 is 26.4. The van der Waals surface area contributed by atoms with Gasteiger partial charge in [0.25, 0.3) is 5.69 Å². The summed E-state index contributed by atoms with van der Waals surface area (Å²) in [5.74, 6) is 0. The maximum absolute atomic E-state index is 12.6. The van der Waals surface area contributed by atoms with E-state index in [1.807, 2.05) is 0 Å². The first kappa shape index (κ1) is 15.6. The topological polar surface area (TPSA) is 80.5 Å². The maximum Gasteiger partial charge on any atom is 0.289 e. The molecule has 0 atom stereocenters. The molecule has 19 heavy (non-hydrogen) atoms. The normalized spacial score (nSPS) is 12.4. The zero-order valence-electron chi connectivity index (χ0n) is 11.4. The molecule has 106 valence electrons. The number of benzene rings is 1. The van der Waals surface area contributed by atoms with E-state index in [4.69, 9.17) is 0 Å². The Bertz CT molecular complexity index is 559. The molecule has 0 spiro atoms. The molecule has 0 aliphatic carbocycles. The number of nitro benzene ring substituents is 1. The average molecular weight is 286 g/mol. The largest absolute Gasteiger partial charge is 0.289 e. The molecule has 1 rings (SSSR count). The van der Waals surface area contributed by atoms with Crippen molar-refractivity contribution in [1.82, 2.24) is 4.31 Å². The van der Waals surface area contributed by atoms with E-state index in [-0.39, 0.29) is 17.0 Å². The van der Waals surface area contributed by atoms with Crippen molar-refractivity contribution < 1.29 is 13.3 Å². The number of nitrogens with zero attached hydrogens (tertiary/aromatic N) is 2. The maximum atomic E-state index is 12.6. The molecule has 0 heterocycles. The van der Waals surface area contributed by atoms with Crippen LogP contribution >= 0.6 is 0 Å². The zero-order chi connectivity index (χ0) is 14.8. The summed E-state index contributed by atoms with van der Waals surface area (Å²) in [6, 6.07) is 4.86. The fourth-order valence-electron chi connectivity index (χ4n) is 2.09. The van der Waals surface area contributed by atoms with E-state index in [9.17, 15) is 18.5 Å². The third-order valence-corrected chi connectivity index (χ3v) is 4.93. The summed E-state index contributed by atoms with van der Waals surface area (Å²) in [5.41, 5.74) is -0.395. The molecule has 1 aromatic carbocycles. The predicted molar refractivity (Wildman–Crippen MR) is 72.4 cm³/mol. The van der Waals surface area contributed by atoms with Gasteiger partial charge in [0.15, 0.2) is 4.90 Å². The number of hydrogen-bond acceptors (Lipinski definition) is 4. The summed E-state index contributed by atoms with van der Waals surface area (Å²) in [6.45, 7) is 6.97. The summed E-state index contributed by atoms with van der Waals surface area (Å²) in [7, 11) is -3.88. The molecular formula is C12H18N2O4S. The van der Waals surface area contributed by atoms with Gasteiger partial charge in [-0.25, -0.2) is 8.42 Å². The van der Waals surface area contributed by atoms with Crippen LogP contribution in [-0.4, -0.2) is 29.7 Å². The second-order valence-electron chi connectivity index (χ2n) is 4.75. The van der Waals surface area contributed by atoms with Crippen LogP contribution in [0.5, 0.6) is 0 Å². The van der Waals surface area contributed by atoms with E-state index in [1.165, 1.54) is 28.6 Å². The van der Waals surface area contributed by atoms with E-state index in [2.05, 4.69) is 0 Å². The second-order valence-corrected chi connectivity index (χ2v) is 6.56. The first-order valence-electron chi connectivity index (χ1n) is 5.96. The lowest BCUT2D eigenvalue weighted by atomic mass is 10.3. The molecule has 0 N–H and O–H groups in total. The SMILES string of the molecule is CC(C)N(C(C)C)S(=O)(=O)c1ccccc1[N+](=O)[O-]. The summed E-state index contributed by atoms with van der Waals surface area (Å²) >= 11 is 0. The van der Waals surface area contributed by atoms with Crippen LogP contribution in [0.2, 0.25) is 0 Å². The molecule has 0 amide bonds. The smallest absolute Gasteiger partial charge is 0.258 e. The third kappa shape index (κ3) is 3.10. The van der Waals surface area contributed by atoms with Gasteiger partial charge in [0.1, 0.15) is 0 Å². The second kappa shape index (κ2) is 5.66. The van der Waals surface area contributed by atoms with Gasteiger partial charge in [-0.05, 0) is 33.8 Å². The minimum atomic E-state index is -3.88. The van der Waals surface area contributed by atoms with Crippen LogP contribution in [-0.2, 0) is 10.0 Å². The van der Waals surface area contributed by atoms with Crippen molar-refractivity contribution in [2.45, 2.75) is 44.7 Å². The number of rotatable bonds is 5. The molecule has 7 heteroatoms. The van der Waals surface area contributed by atoms with Crippen LogP contribution in [0.3, 0.4) is 0 Å². The zero-order valence-corrected chi connectivity index (χ0v) is 12.2. The Balaban J connectivity index is 3.47. The van der Waals surface area contributed by atoms with E-state index in [0.717, 1.165) is 0 Å². The quantitative estimate of drug-likeness (QED) is 0.615. The molecule has 0 saturated heterocycles. The lowest BCUT2D eigenvalue weighted by Gasteiger charge is -2.29. The van der Waals surface area contributed by atoms with Gasteiger partial charge in [0, 0.05) is 18.2 Å². The van der Waals surface area contributed by atoms with Gasteiger partial charge >= 0.3 is 0 Å². The van der Waals surface area contributed by atoms with Gasteiger partial charge in [0.2, 0.25) is 10.0 Å². The molecule has 0 saturated carbocycles. The third-order valence-electron chi connectivity index (χ3n) is 2.64. The highest BCUT2D eigenvalue weighted by Gasteiger charge is 2.34. The van der Waals surface area contributed by atoms with Crippen LogP contribution in [0.4, 0.5) is 5.69 Å². The molecule has 6 nitrogen and oxygen atoms in total. The molecule has 0 radical (unpaired) electrons. The Kier molecular flexibility index (Phi) is 4.65. The van der Waals surface area contributed by atoms with Crippen molar-refractivity contribution in [2.75, 3.05) is 0 Å². The Morgan fingerprint density at radius 3 is 2.00 bits per heavy atom. The van der Waals surface area contributed by atoms with Crippen molar-refractivity contribution in [3.05, 3.63) is 34.4 Å².